The van der Waals surface area contributed by atoms with Crippen molar-refractivity contribution in [3.63, 3.8) is 0 Å². The van der Waals surface area contributed by atoms with Gasteiger partial charge >= 0.3 is 0 Å². The molecule has 1 N–H and O–H groups in total. The largest absolute Gasteiger partial charge is 0.352 e. The van der Waals surface area contributed by atoms with Crippen molar-refractivity contribution in [3.8, 4) is 11.1 Å². The maximum atomic E-state index is 13.6. The fourth-order valence-electron chi connectivity index (χ4n) is 5.20. The Kier molecular flexibility index (Phi) is 7.38. The topological polar surface area (TPSA) is 62.3 Å². The standard InChI is InChI=1S/C28H33N3O2/c1-2-16-30-27(33)28(15-9-18-31(21-28)26(32)22-10-4-3-5-11-22)19-23-12-6-7-14-25(23)24-13-8-17-29-20-24/h2-4,6-8,12-14,17,20,22H,1,5,9-11,15-16,18-19,21H2,(H,30,33). The van der Waals surface area contributed by atoms with Crippen LogP contribution in [0, 0.1) is 11.3 Å². The molecule has 2 aromatic rings. The Morgan fingerprint density at radius 1 is 1.21 bits per heavy atom. The molecule has 1 aliphatic carbocycles. The molecule has 1 aromatic heterocycles. The molecule has 2 aliphatic rings. The maximum Gasteiger partial charge on any atom is 0.228 e. The summed E-state index contributed by atoms with van der Waals surface area (Å²) in [5.41, 5.74) is 2.56. The number of amides is 2. The zero-order valence-corrected chi connectivity index (χ0v) is 19.2. The third kappa shape index (κ3) is 5.24. The summed E-state index contributed by atoms with van der Waals surface area (Å²) in [6.45, 7) is 5.35. The Hall–Kier alpha value is -3.21. The SMILES string of the molecule is C=CCNC(=O)C1(Cc2ccccc2-c2cccnc2)CCCN(C(=O)C2CC=CCC2)C1. The number of aromatic nitrogens is 1. The predicted molar refractivity (Wildman–Crippen MR) is 131 cm³/mol. The Morgan fingerprint density at radius 3 is 2.85 bits per heavy atom. The highest BCUT2D eigenvalue weighted by Crippen LogP contribution is 2.38. The third-order valence-corrected chi connectivity index (χ3v) is 6.91. The molecular formula is C28H33N3O2. The van der Waals surface area contributed by atoms with Crippen molar-refractivity contribution in [3.05, 3.63) is 79.2 Å². The van der Waals surface area contributed by atoms with Gasteiger partial charge < -0.3 is 10.2 Å². The average molecular weight is 444 g/mol. The normalized spacial score (nSPS) is 22.5. The summed E-state index contributed by atoms with van der Waals surface area (Å²) in [5.74, 6) is 0.231. The number of hydrogen-bond acceptors (Lipinski definition) is 3. The molecule has 5 nitrogen and oxygen atoms in total. The summed E-state index contributed by atoms with van der Waals surface area (Å²) >= 11 is 0. The first-order chi connectivity index (χ1) is 16.1. The van der Waals surface area contributed by atoms with Gasteiger partial charge in [0.15, 0.2) is 0 Å². The lowest BCUT2D eigenvalue weighted by atomic mass is 9.72. The summed E-state index contributed by atoms with van der Waals surface area (Å²) in [5, 5.41) is 3.04. The number of hydrogen-bond donors (Lipinski definition) is 1. The van der Waals surface area contributed by atoms with Gasteiger partial charge in [0, 0.05) is 43.5 Å². The number of carbonyl (C=O) groups is 2. The lowest BCUT2D eigenvalue weighted by molar-refractivity contribution is -0.144. The van der Waals surface area contributed by atoms with Gasteiger partial charge in [-0.05, 0) is 55.7 Å². The summed E-state index contributed by atoms with van der Waals surface area (Å²) in [7, 11) is 0. The molecule has 0 saturated carbocycles. The van der Waals surface area contributed by atoms with Gasteiger partial charge in [0.1, 0.15) is 0 Å². The van der Waals surface area contributed by atoms with Crippen LogP contribution in [-0.4, -0.2) is 41.3 Å². The minimum atomic E-state index is -0.667. The first-order valence-electron chi connectivity index (χ1n) is 11.9. The predicted octanol–water partition coefficient (Wildman–Crippen LogP) is 4.56. The number of benzene rings is 1. The summed E-state index contributed by atoms with van der Waals surface area (Å²) < 4.78 is 0. The van der Waals surface area contributed by atoms with Crippen molar-refractivity contribution in [2.75, 3.05) is 19.6 Å². The Bertz CT molecular complexity index is 1020. The van der Waals surface area contributed by atoms with E-state index in [2.05, 4.69) is 41.2 Å². The Labute approximate surface area is 196 Å². The van der Waals surface area contributed by atoms with Crippen molar-refractivity contribution < 1.29 is 9.59 Å². The molecule has 1 aromatic carbocycles. The number of piperidine rings is 1. The number of nitrogens with zero attached hydrogens (tertiary/aromatic N) is 2. The third-order valence-electron chi connectivity index (χ3n) is 6.91. The summed E-state index contributed by atoms with van der Waals surface area (Å²) in [4.78, 5) is 33.1. The Balaban J connectivity index is 1.64. The minimum absolute atomic E-state index is 0.00410. The number of likely N-dealkylation sites (tertiary alicyclic amines) is 1. The van der Waals surface area contributed by atoms with Crippen LogP contribution in [-0.2, 0) is 16.0 Å². The van der Waals surface area contributed by atoms with E-state index in [0.717, 1.165) is 55.3 Å². The lowest BCUT2D eigenvalue weighted by Crippen LogP contribution is -2.55. The van der Waals surface area contributed by atoms with Crippen LogP contribution >= 0.6 is 0 Å². The van der Waals surface area contributed by atoms with Gasteiger partial charge in [-0.15, -0.1) is 6.58 Å². The number of carbonyl (C=O) groups excluding carboxylic acids is 2. The molecule has 2 heterocycles. The number of pyridine rings is 1. The molecule has 2 unspecified atom stereocenters. The van der Waals surface area contributed by atoms with E-state index in [1.807, 2.05) is 35.4 Å². The van der Waals surface area contributed by atoms with E-state index in [4.69, 9.17) is 0 Å². The van der Waals surface area contributed by atoms with Crippen LogP contribution in [0.1, 0.15) is 37.7 Å². The molecule has 0 spiro atoms. The van der Waals surface area contributed by atoms with Crippen molar-refractivity contribution in [1.82, 2.24) is 15.2 Å². The molecule has 2 amide bonds. The molecule has 1 fully saturated rings. The number of allylic oxidation sites excluding steroid dienone is 2. The molecule has 0 radical (unpaired) electrons. The molecule has 33 heavy (non-hydrogen) atoms. The first-order valence-corrected chi connectivity index (χ1v) is 11.9. The van der Waals surface area contributed by atoms with Crippen LogP contribution in [0.25, 0.3) is 11.1 Å². The van der Waals surface area contributed by atoms with Crippen LogP contribution in [0.5, 0.6) is 0 Å². The van der Waals surface area contributed by atoms with Crippen LogP contribution in [0.4, 0.5) is 0 Å². The molecule has 172 valence electrons. The highest BCUT2D eigenvalue weighted by Gasteiger charge is 2.44. The molecular weight excluding hydrogens is 410 g/mol. The molecule has 0 bridgehead atoms. The van der Waals surface area contributed by atoms with Gasteiger partial charge in [0.05, 0.1) is 5.41 Å². The number of nitrogens with one attached hydrogen (secondary N) is 1. The lowest BCUT2D eigenvalue weighted by Gasteiger charge is -2.43. The van der Waals surface area contributed by atoms with Crippen molar-refractivity contribution in [2.24, 2.45) is 11.3 Å². The molecule has 2 atom stereocenters. The molecule has 1 aliphatic heterocycles. The second-order valence-corrected chi connectivity index (χ2v) is 9.20. The monoisotopic (exact) mass is 443 g/mol. The van der Waals surface area contributed by atoms with Gasteiger partial charge in [-0.3, -0.25) is 14.6 Å². The van der Waals surface area contributed by atoms with E-state index in [1.54, 1.807) is 12.3 Å². The summed E-state index contributed by atoms with van der Waals surface area (Å²) in [6, 6.07) is 12.2. The zero-order chi connectivity index (χ0) is 23.1. The quantitative estimate of drug-likeness (QED) is 0.638. The van der Waals surface area contributed by atoms with E-state index in [-0.39, 0.29) is 17.7 Å². The van der Waals surface area contributed by atoms with Crippen LogP contribution in [0.2, 0.25) is 0 Å². The van der Waals surface area contributed by atoms with Gasteiger partial charge in [-0.2, -0.15) is 0 Å². The van der Waals surface area contributed by atoms with Gasteiger partial charge in [0.25, 0.3) is 0 Å². The minimum Gasteiger partial charge on any atom is -0.352 e. The average Bonchev–Trinajstić information content (AvgIpc) is 2.88. The second kappa shape index (κ2) is 10.6. The van der Waals surface area contributed by atoms with E-state index in [9.17, 15) is 9.59 Å². The Morgan fingerprint density at radius 2 is 2.09 bits per heavy atom. The second-order valence-electron chi connectivity index (χ2n) is 9.20. The van der Waals surface area contributed by atoms with E-state index in [1.165, 1.54) is 0 Å². The van der Waals surface area contributed by atoms with Gasteiger partial charge in [-0.1, -0.05) is 48.6 Å². The maximum absolute atomic E-state index is 13.6. The molecule has 4 rings (SSSR count). The zero-order valence-electron chi connectivity index (χ0n) is 19.2. The van der Waals surface area contributed by atoms with E-state index >= 15 is 0 Å². The number of rotatable bonds is 7. The van der Waals surface area contributed by atoms with Crippen molar-refractivity contribution >= 4 is 11.8 Å². The first kappa shape index (κ1) is 23.0. The highest BCUT2D eigenvalue weighted by atomic mass is 16.2. The van der Waals surface area contributed by atoms with Crippen molar-refractivity contribution in [2.45, 2.75) is 38.5 Å². The molecule has 5 heteroatoms. The fraction of sp³-hybridized carbons (Fsp3) is 0.393. The van der Waals surface area contributed by atoms with Crippen LogP contribution in [0.15, 0.2) is 73.6 Å². The highest BCUT2D eigenvalue weighted by molar-refractivity contribution is 5.86. The van der Waals surface area contributed by atoms with Crippen molar-refractivity contribution in [1.29, 1.82) is 0 Å². The van der Waals surface area contributed by atoms with Crippen LogP contribution in [0.3, 0.4) is 0 Å². The van der Waals surface area contributed by atoms with Gasteiger partial charge in [0.2, 0.25) is 11.8 Å². The van der Waals surface area contributed by atoms with Crippen LogP contribution < -0.4 is 5.32 Å². The molecule has 1 saturated heterocycles. The van der Waals surface area contributed by atoms with E-state index < -0.39 is 5.41 Å². The van der Waals surface area contributed by atoms with E-state index in [0.29, 0.717) is 19.5 Å². The van der Waals surface area contributed by atoms with Gasteiger partial charge in [-0.25, -0.2) is 0 Å². The smallest absolute Gasteiger partial charge is 0.228 e. The summed E-state index contributed by atoms with van der Waals surface area (Å²) in [6.07, 6.45) is 14.4. The fourth-order valence-corrected chi connectivity index (χ4v) is 5.20.